The Morgan fingerprint density at radius 1 is 1.63 bits per heavy atom. The van der Waals surface area contributed by atoms with Gasteiger partial charge in [-0.25, -0.2) is 4.98 Å². The van der Waals surface area contributed by atoms with Crippen LogP contribution in [0.15, 0.2) is 0 Å². The first-order valence-corrected chi connectivity index (χ1v) is 7.63. The van der Waals surface area contributed by atoms with E-state index in [1.807, 2.05) is 7.05 Å². The van der Waals surface area contributed by atoms with E-state index in [4.69, 9.17) is 5.73 Å². The molecule has 0 spiro atoms. The van der Waals surface area contributed by atoms with E-state index in [-0.39, 0.29) is 11.9 Å². The lowest BCUT2D eigenvalue weighted by Crippen LogP contribution is -2.36. The Morgan fingerprint density at radius 2 is 2.32 bits per heavy atom. The third kappa shape index (κ3) is 3.18. The van der Waals surface area contributed by atoms with Crippen LogP contribution in [0.1, 0.15) is 42.8 Å². The van der Waals surface area contributed by atoms with Crippen molar-refractivity contribution in [1.82, 2.24) is 9.88 Å². The van der Waals surface area contributed by atoms with Crippen molar-refractivity contribution < 1.29 is 4.79 Å². The summed E-state index contributed by atoms with van der Waals surface area (Å²) in [6.07, 6.45) is 3.46. The maximum absolute atomic E-state index is 12.4. The van der Waals surface area contributed by atoms with Crippen molar-refractivity contribution in [1.29, 1.82) is 0 Å². The SMILES string of the molecule is CCCNc1nc(N)c(C(=O)N(C)C(C)C2CC2)s1. The van der Waals surface area contributed by atoms with Crippen LogP contribution in [0.5, 0.6) is 0 Å². The molecular weight excluding hydrogens is 260 g/mol. The molecule has 5 nitrogen and oxygen atoms in total. The summed E-state index contributed by atoms with van der Waals surface area (Å²) in [5.74, 6) is 0.975. The molecule has 0 aromatic carbocycles. The fourth-order valence-electron chi connectivity index (χ4n) is 2.03. The number of nitrogens with two attached hydrogens (primary N) is 1. The molecular formula is C13H22N4OS. The topological polar surface area (TPSA) is 71.2 Å². The van der Waals surface area contributed by atoms with E-state index in [2.05, 4.69) is 24.1 Å². The molecule has 106 valence electrons. The third-order valence-corrected chi connectivity index (χ3v) is 4.63. The highest BCUT2D eigenvalue weighted by Crippen LogP contribution is 2.36. The lowest BCUT2D eigenvalue weighted by Gasteiger charge is -2.24. The summed E-state index contributed by atoms with van der Waals surface area (Å²) in [5, 5.41) is 3.90. The molecule has 1 unspecified atom stereocenters. The summed E-state index contributed by atoms with van der Waals surface area (Å²) in [6.45, 7) is 5.03. The minimum Gasteiger partial charge on any atom is -0.382 e. The van der Waals surface area contributed by atoms with Gasteiger partial charge in [0.15, 0.2) is 5.13 Å². The number of thiazole rings is 1. The summed E-state index contributed by atoms with van der Waals surface area (Å²) >= 11 is 1.35. The Hall–Kier alpha value is -1.30. The van der Waals surface area contributed by atoms with Crippen LogP contribution in [-0.4, -0.2) is 35.4 Å². The molecule has 1 aromatic rings. The minimum atomic E-state index is -0.0149. The van der Waals surface area contributed by atoms with Gasteiger partial charge in [-0.2, -0.15) is 0 Å². The molecule has 0 bridgehead atoms. The van der Waals surface area contributed by atoms with Crippen LogP contribution < -0.4 is 11.1 Å². The number of nitrogens with zero attached hydrogens (tertiary/aromatic N) is 2. The molecule has 1 saturated carbocycles. The lowest BCUT2D eigenvalue weighted by molar-refractivity contribution is 0.0733. The van der Waals surface area contributed by atoms with Crippen LogP contribution in [0, 0.1) is 5.92 Å². The molecule has 6 heteroatoms. The van der Waals surface area contributed by atoms with Crippen LogP contribution >= 0.6 is 11.3 Å². The number of rotatable bonds is 6. The molecule has 3 N–H and O–H groups in total. The first-order chi connectivity index (χ1) is 9.04. The molecule has 1 fully saturated rings. The van der Waals surface area contributed by atoms with Crippen molar-refractivity contribution in [2.24, 2.45) is 5.92 Å². The Morgan fingerprint density at radius 3 is 2.89 bits per heavy atom. The summed E-state index contributed by atoms with van der Waals surface area (Å²) in [7, 11) is 1.85. The molecule has 0 saturated heterocycles. The van der Waals surface area contributed by atoms with Gasteiger partial charge in [0.25, 0.3) is 5.91 Å². The van der Waals surface area contributed by atoms with Gasteiger partial charge < -0.3 is 16.0 Å². The van der Waals surface area contributed by atoms with Crippen molar-refractivity contribution in [2.75, 3.05) is 24.6 Å². The molecule has 1 aliphatic rings. The average molecular weight is 282 g/mol. The normalized spacial score (nSPS) is 16.2. The smallest absolute Gasteiger partial charge is 0.267 e. The van der Waals surface area contributed by atoms with Crippen LogP contribution in [0.25, 0.3) is 0 Å². The second-order valence-electron chi connectivity index (χ2n) is 5.15. The van der Waals surface area contributed by atoms with E-state index in [1.54, 1.807) is 4.90 Å². The quantitative estimate of drug-likeness (QED) is 0.840. The van der Waals surface area contributed by atoms with E-state index in [0.29, 0.717) is 16.6 Å². The van der Waals surface area contributed by atoms with E-state index in [0.717, 1.165) is 18.1 Å². The molecule has 19 heavy (non-hydrogen) atoms. The Bertz CT molecular complexity index is 455. The van der Waals surface area contributed by atoms with Crippen LogP contribution in [-0.2, 0) is 0 Å². The van der Waals surface area contributed by atoms with Crippen molar-refractivity contribution in [3.8, 4) is 0 Å². The van der Waals surface area contributed by atoms with Gasteiger partial charge in [0, 0.05) is 19.6 Å². The van der Waals surface area contributed by atoms with Gasteiger partial charge in [-0.3, -0.25) is 4.79 Å². The van der Waals surface area contributed by atoms with Gasteiger partial charge in [0.05, 0.1) is 0 Å². The zero-order valence-electron chi connectivity index (χ0n) is 11.8. The molecule has 2 rings (SSSR count). The monoisotopic (exact) mass is 282 g/mol. The zero-order chi connectivity index (χ0) is 14.0. The third-order valence-electron chi connectivity index (χ3n) is 3.61. The van der Waals surface area contributed by atoms with Gasteiger partial charge in [-0.15, -0.1) is 0 Å². The molecule has 1 amide bonds. The number of carbonyl (C=O) groups excluding carboxylic acids is 1. The number of hydrogen-bond donors (Lipinski definition) is 2. The first kappa shape index (κ1) is 14.1. The summed E-state index contributed by atoms with van der Waals surface area (Å²) in [4.78, 5) is 19.0. The fraction of sp³-hybridized carbons (Fsp3) is 0.692. The van der Waals surface area contributed by atoms with Crippen molar-refractivity contribution >= 4 is 28.2 Å². The lowest BCUT2D eigenvalue weighted by atomic mass is 10.2. The molecule has 1 aromatic heterocycles. The number of aromatic nitrogens is 1. The predicted molar refractivity (Wildman–Crippen MR) is 79.6 cm³/mol. The van der Waals surface area contributed by atoms with Gasteiger partial charge in [-0.1, -0.05) is 18.3 Å². The summed E-state index contributed by atoms with van der Waals surface area (Å²) < 4.78 is 0. The van der Waals surface area contributed by atoms with Crippen molar-refractivity contribution in [3.05, 3.63) is 4.88 Å². The standard InChI is InChI=1S/C13H22N4OS/c1-4-7-15-13-16-11(14)10(19-13)12(18)17(3)8(2)9-5-6-9/h8-9H,4-7,14H2,1-3H3,(H,15,16). The second-order valence-corrected chi connectivity index (χ2v) is 6.15. The molecule has 0 radical (unpaired) electrons. The van der Waals surface area contributed by atoms with Gasteiger partial charge >= 0.3 is 0 Å². The van der Waals surface area contributed by atoms with Gasteiger partial charge in [-0.05, 0) is 32.1 Å². The summed E-state index contributed by atoms with van der Waals surface area (Å²) in [6, 6.07) is 0.279. The Labute approximate surface area is 118 Å². The Kier molecular flexibility index (Phi) is 4.29. The highest BCUT2D eigenvalue weighted by Gasteiger charge is 2.33. The molecule has 0 aliphatic heterocycles. The summed E-state index contributed by atoms with van der Waals surface area (Å²) in [5.41, 5.74) is 5.86. The number of amides is 1. The van der Waals surface area contributed by atoms with E-state index in [1.165, 1.54) is 24.2 Å². The first-order valence-electron chi connectivity index (χ1n) is 6.82. The number of carbonyl (C=O) groups is 1. The number of hydrogen-bond acceptors (Lipinski definition) is 5. The average Bonchev–Trinajstić information content (AvgIpc) is 3.18. The largest absolute Gasteiger partial charge is 0.382 e. The van der Waals surface area contributed by atoms with Crippen molar-refractivity contribution in [3.63, 3.8) is 0 Å². The maximum Gasteiger partial charge on any atom is 0.267 e. The van der Waals surface area contributed by atoms with Gasteiger partial charge in [0.1, 0.15) is 10.7 Å². The van der Waals surface area contributed by atoms with Crippen LogP contribution in [0.4, 0.5) is 10.9 Å². The molecule has 1 heterocycles. The number of anilines is 2. The second kappa shape index (κ2) is 5.77. The minimum absolute atomic E-state index is 0.0149. The molecule has 1 aliphatic carbocycles. The number of nitrogens with one attached hydrogen (secondary N) is 1. The predicted octanol–water partition coefficient (Wildman–Crippen LogP) is 2.42. The maximum atomic E-state index is 12.4. The van der Waals surface area contributed by atoms with Gasteiger partial charge in [0.2, 0.25) is 0 Å². The Balaban J connectivity index is 2.07. The highest BCUT2D eigenvalue weighted by atomic mass is 32.1. The van der Waals surface area contributed by atoms with Crippen LogP contribution in [0.3, 0.4) is 0 Å². The van der Waals surface area contributed by atoms with Crippen molar-refractivity contribution in [2.45, 2.75) is 39.2 Å². The zero-order valence-corrected chi connectivity index (χ0v) is 12.6. The van der Waals surface area contributed by atoms with E-state index >= 15 is 0 Å². The number of nitrogen functional groups attached to an aromatic ring is 1. The van der Waals surface area contributed by atoms with Crippen LogP contribution in [0.2, 0.25) is 0 Å². The highest BCUT2D eigenvalue weighted by molar-refractivity contribution is 7.18. The van der Waals surface area contributed by atoms with E-state index < -0.39 is 0 Å². The molecule has 1 atom stereocenters. The van der Waals surface area contributed by atoms with E-state index in [9.17, 15) is 4.79 Å². The fourth-order valence-corrected chi connectivity index (χ4v) is 2.93.